The molecular formula is C14H18N2O3. The minimum atomic E-state index is -0.752. The van der Waals surface area contributed by atoms with E-state index in [1.807, 2.05) is 23.1 Å². The predicted octanol–water partition coefficient (Wildman–Crippen LogP) is 1.34. The number of pyridine rings is 1. The number of hydrogen-bond donors (Lipinski definition) is 1. The van der Waals surface area contributed by atoms with Gasteiger partial charge in [0.2, 0.25) is 5.91 Å². The zero-order valence-corrected chi connectivity index (χ0v) is 10.8. The van der Waals surface area contributed by atoms with Gasteiger partial charge < -0.3 is 10.0 Å². The van der Waals surface area contributed by atoms with Gasteiger partial charge in [0.15, 0.2) is 0 Å². The average molecular weight is 262 g/mol. The highest BCUT2D eigenvalue weighted by Crippen LogP contribution is 2.20. The largest absolute Gasteiger partial charge is 0.481 e. The Morgan fingerprint density at radius 1 is 1.32 bits per heavy atom. The third kappa shape index (κ3) is 4.05. The molecule has 1 aromatic heterocycles. The maximum atomic E-state index is 12.1. The number of likely N-dealkylation sites (tertiary alicyclic amines) is 1. The van der Waals surface area contributed by atoms with Crippen LogP contribution in [0.1, 0.15) is 25.0 Å². The van der Waals surface area contributed by atoms with E-state index < -0.39 is 5.97 Å². The lowest BCUT2D eigenvalue weighted by atomic mass is 9.93. The van der Waals surface area contributed by atoms with Crippen molar-refractivity contribution in [1.82, 2.24) is 9.88 Å². The van der Waals surface area contributed by atoms with Crippen molar-refractivity contribution >= 4 is 11.9 Å². The minimum absolute atomic E-state index is 0.0764. The highest BCUT2D eigenvalue weighted by molar-refractivity contribution is 5.78. The molecule has 1 aromatic rings. The molecule has 2 rings (SSSR count). The van der Waals surface area contributed by atoms with Crippen LogP contribution in [-0.4, -0.2) is 40.0 Å². The molecule has 1 amide bonds. The zero-order valence-electron chi connectivity index (χ0n) is 10.8. The Hall–Kier alpha value is -1.91. The molecule has 0 spiro atoms. The fourth-order valence-electron chi connectivity index (χ4n) is 2.40. The summed E-state index contributed by atoms with van der Waals surface area (Å²) in [6.07, 6.45) is 3.77. The summed E-state index contributed by atoms with van der Waals surface area (Å²) in [6.45, 7) is 1.31. The Kier molecular flexibility index (Phi) is 4.49. The number of rotatable bonds is 4. The second-order valence-electron chi connectivity index (χ2n) is 4.92. The van der Waals surface area contributed by atoms with E-state index in [1.54, 1.807) is 6.20 Å². The van der Waals surface area contributed by atoms with Crippen molar-refractivity contribution in [3.63, 3.8) is 0 Å². The molecule has 102 valence electrons. The van der Waals surface area contributed by atoms with Gasteiger partial charge in [-0.2, -0.15) is 0 Å². The topological polar surface area (TPSA) is 70.5 Å². The van der Waals surface area contributed by atoms with E-state index in [9.17, 15) is 9.59 Å². The van der Waals surface area contributed by atoms with Gasteiger partial charge in [-0.3, -0.25) is 14.6 Å². The lowest BCUT2D eigenvalue weighted by Gasteiger charge is -2.31. The number of aliphatic carboxylic acids is 1. The van der Waals surface area contributed by atoms with Crippen molar-refractivity contribution in [1.29, 1.82) is 0 Å². The van der Waals surface area contributed by atoms with E-state index in [0.29, 0.717) is 19.5 Å². The summed E-state index contributed by atoms with van der Waals surface area (Å²) in [5, 5.41) is 8.75. The molecule has 1 N–H and O–H groups in total. The van der Waals surface area contributed by atoms with Crippen LogP contribution in [0.3, 0.4) is 0 Å². The van der Waals surface area contributed by atoms with Crippen molar-refractivity contribution in [3.05, 3.63) is 30.1 Å². The Balaban J connectivity index is 1.81. The Labute approximate surface area is 112 Å². The van der Waals surface area contributed by atoms with Crippen LogP contribution in [0.4, 0.5) is 0 Å². The molecule has 0 aromatic carbocycles. The van der Waals surface area contributed by atoms with Gasteiger partial charge >= 0.3 is 5.97 Å². The van der Waals surface area contributed by atoms with E-state index >= 15 is 0 Å². The summed E-state index contributed by atoms with van der Waals surface area (Å²) < 4.78 is 0. The third-order valence-corrected chi connectivity index (χ3v) is 3.49. The van der Waals surface area contributed by atoms with Crippen molar-refractivity contribution in [2.75, 3.05) is 13.1 Å². The van der Waals surface area contributed by atoms with Crippen LogP contribution < -0.4 is 0 Å². The summed E-state index contributed by atoms with van der Waals surface area (Å²) in [7, 11) is 0. The van der Waals surface area contributed by atoms with Gasteiger partial charge in [0.05, 0.1) is 6.42 Å². The molecule has 1 aliphatic heterocycles. The molecule has 1 aliphatic rings. The first-order chi connectivity index (χ1) is 9.15. The molecule has 0 atom stereocenters. The fourth-order valence-corrected chi connectivity index (χ4v) is 2.40. The van der Waals surface area contributed by atoms with Gasteiger partial charge in [0.25, 0.3) is 0 Å². The van der Waals surface area contributed by atoms with E-state index in [1.165, 1.54) is 0 Å². The SMILES string of the molecule is O=C(O)CC1CCN(C(=O)Cc2ccccn2)CC1. The fraction of sp³-hybridized carbons (Fsp3) is 0.500. The van der Waals surface area contributed by atoms with Gasteiger partial charge in [-0.05, 0) is 30.9 Å². The van der Waals surface area contributed by atoms with E-state index in [-0.39, 0.29) is 18.2 Å². The zero-order chi connectivity index (χ0) is 13.7. The molecule has 5 heteroatoms. The maximum Gasteiger partial charge on any atom is 0.303 e. The molecule has 0 bridgehead atoms. The summed E-state index contributed by atoms with van der Waals surface area (Å²) >= 11 is 0. The standard InChI is InChI=1S/C14H18N2O3/c17-13(10-12-3-1-2-6-15-12)16-7-4-11(5-8-16)9-14(18)19/h1-3,6,11H,4-5,7-10H2,(H,18,19). The van der Waals surface area contributed by atoms with E-state index in [2.05, 4.69) is 4.98 Å². The molecule has 1 fully saturated rings. The first kappa shape index (κ1) is 13.5. The number of carboxylic acids is 1. The molecule has 1 saturated heterocycles. The Morgan fingerprint density at radius 3 is 2.63 bits per heavy atom. The number of piperidine rings is 1. The second-order valence-corrected chi connectivity index (χ2v) is 4.92. The summed E-state index contributed by atoms with van der Waals surface area (Å²) in [5.74, 6) is -0.470. The van der Waals surface area contributed by atoms with Gasteiger partial charge in [-0.25, -0.2) is 0 Å². The highest BCUT2D eigenvalue weighted by Gasteiger charge is 2.24. The molecule has 2 heterocycles. The Morgan fingerprint density at radius 2 is 2.05 bits per heavy atom. The van der Waals surface area contributed by atoms with Crippen LogP contribution in [0, 0.1) is 5.92 Å². The van der Waals surface area contributed by atoms with Crippen LogP contribution >= 0.6 is 0 Å². The van der Waals surface area contributed by atoms with Crippen molar-refractivity contribution in [2.45, 2.75) is 25.7 Å². The second kappa shape index (κ2) is 6.31. The highest BCUT2D eigenvalue weighted by atomic mass is 16.4. The number of hydrogen-bond acceptors (Lipinski definition) is 3. The molecular weight excluding hydrogens is 244 g/mol. The molecule has 0 aliphatic carbocycles. The van der Waals surface area contributed by atoms with Crippen LogP contribution in [0.25, 0.3) is 0 Å². The number of nitrogens with zero attached hydrogens (tertiary/aromatic N) is 2. The third-order valence-electron chi connectivity index (χ3n) is 3.49. The number of carbonyl (C=O) groups excluding carboxylic acids is 1. The number of aromatic nitrogens is 1. The molecule has 0 unspecified atom stereocenters. The summed E-state index contributed by atoms with van der Waals surface area (Å²) in [5.41, 5.74) is 0.778. The molecule has 0 radical (unpaired) electrons. The van der Waals surface area contributed by atoms with Crippen molar-refractivity contribution < 1.29 is 14.7 Å². The Bertz CT molecular complexity index is 439. The minimum Gasteiger partial charge on any atom is -0.481 e. The van der Waals surface area contributed by atoms with E-state index in [0.717, 1.165) is 18.5 Å². The van der Waals surface area contributed by atoms with Crippen molar-refractivity contribution in [2.24, 2.45) is 5.92 Å². The number of carboxylic acid groups (broad SMARTS) is 1. The monoisotopic (exact) mass is 262 g/mol. The van der Waals surface area contributed by atoms with E-state index in [4.69, 9.17) is 5.11 Å². The smallest absolute Gasteiger partial charge is 0.303 e. The predicted molar refractivity (Wildman–Crippen MR) is 69.5 cm³/mol. The molecule has 19 heavy (non-hydrogen) atoms. The van der Waals surface area contributed by atoms with Gasteiger partial charge in [0, 0.05) is 31.4 Å². The van der Waals surface area contributed by atoms with Gasteiger partial charge in [-0.15, -0.1) is 0 Å². The lowest BCUT2D eigenvalue weighted by molar-refractivity contribution is -0.138. The summed E-state index contributed by atoms with van der Waals surface area (Å²) in [6, 6.07) is 5.54. The van der Waals surface area contributed by atoms with Crippen LogP contribution in [0.2, 0.25) is 0 Å². The van der Waals surface area contributed by atoms with Gasteiger partial charge in [-0.1, -0.05) is 6.07 Å². The van der Waals surface area contributed by atoms with Crippen molar-refractivity contribution in [3.8, 4) is 0 Å². The maximum absolute atomic E-state index is 12.1. The summed E-state index contributed by atoms with van der Waals surface area (Å²) in [4.78, 5) is 28.7. The first-order valence-electron chi connectivity index (χ1n) is 6.54. The number of carbonyl (C=O) groups is 2. The number of amides is 1. The lowest BCUT2D eigenvalue weighted by Crippen LogP contribution is -2.39. The molecule has 5 nitrogen and oxygen atoms in total. The quantitative estimate of drug-likeness (QED) is 0.888. The first-order valence-corrected chi connectivity index (χ1v) is 6.54. The molecule has 0 saturated carbocycles. The van der Waals surface area contributed by atoms with Crippen LogP contribution in [0.15, 0.2) is 24.4 Å². The average Bonchev–Trinajstić information content (AvgIpc) is 2.40. The van der Waals surface area contributed by atoms with Crippen LogP contribution in [-0.2, 0) is 16.0 Å². The van der Waals surface area contributed by atoms with Crippen LogP contribution in [0.5, 0.6) is 0 Å². The normalized spacial score (nSPS) is 16.3. The van der Waals surface area contributed by atoms with Gasteiger partial charge in [0.1, 0.15) is 0 Å².